The average Bonchev–Trinajstić information content (AvgIpc) is 2.84. The zero-order valence-electron chi connectivity index (χ0n) is 9.57. The third-order valence-electron chi connectivity index (χ3n) is 3.25. The van der Waals surface area contributed by atoms with Crippen LogP contribution >= 0.6 is 11.3 Å². The molecule has 0 radical (unpaired) electrons. The normalized spacial score (nSPS) is 24.6. The lowest BCUT2D eigenvalue weighted by molar-refractivity contribution is 0.263. The van der Waals surface area contributed by atoms with Gasteiger partial charge in [0.25, 0.3) is 0 Å². The number of likely N-dealkylation sites (tertiary alicyclic amines) is 1. The molecule has 2 atom stereocenters. The highest BCUT2D eigenvalue weighted by atomic mass is 32.1. The van der Waals surface area contributed by atoms with E-state index in [0.717, 1.165) is 25.9 Å². The molecule has 2 N–H and O–H groups in total. The maximum atomic E-state index is 5.93. The van der Waals surface area contributed by atoms with Gasteiger partial charge in [-0.1, -0.05) is 6.92 Å². The van der Waals surface area contributed by atoms with Gasteiger partial charge in [-0.15, -0.1) is 11.3 Å². The molecule has 1 aromatic heterocycles. The highest BCUT2D eigenvalue weighted by molar-refractivity contribution is 7.12. The first kappa shape index (κ1) is 11.1. The summed E-state index contributed by atoms with van der Waals surface area (Å²) in [6.45, 7) is 6.72. The topological polar surface area (TPSA) is 29.3 Å². The van der Waals surface area contributed by atoms with Crippen LogP contribution in [0.3, 0.4) is 0 Å². The smallest absolute Gasteiger partial charge is 0.0414 e. The molecule has 0 amide bonds. The monoisotopic (exact) mass is 224 g/mol. The summed E-state index contributed by atoms with van der Waals surface area (Å²) in [5, 5.41) is 0. The first-order valence-corrected chi connectivity index (χ1v) is 6.60. The minimum absolute atomic E-state index is 0.387. The predicted molar refractivity (Wildman–Crippen MR) is 66.3 cm³/mol. The van der Waals surface area contributed by atoms with Gasteiger partial charge in [-0.3, -0.25) is 4.90 Å². The summed E-state index contributed by atoms with van der Waals surface area (Å²) in [4.78, 5) is 5.47. The summed E-state index contributed by atoms with van der Waals surface area (Å²) in [6, 6.07) is 5.46. The van der Waals surface area contributed by atoms with Crippen molar-refractivity contribution in [1.29, 1.82) is 0 Å². The Kier molecular flexibility index (Phi) is 3.44. The Morgan fingerprint density at radius 2 is 2.40 bits per heavy atom. The van der Waals surface area contributed by atoms with E-state index in [1.807, 2.05) is 11.3 Å². The molecule has 15 heavy (non-hydrogen) atoms. The van der Waals surface area contributed by atoms with Gasteiger partial charge >= 0.3 is 0 Å². The van der Waals surface area contributed by atoms with E-state index in [4.69, 9.17) is 5.73 Å². The fourth-order valence-electron chi connectivity index (χ4n) is 2.16. The molecule has 0 aliphatic carbocycles. The lowest BCUT2D eigenvalue weighted by atomic mass is 10.2. The third kappa shape index (κ3) is 2.41. The largest absolute Gasteiger partial charge is 0.326 e. The molecule has 2 unspecified atom stereocenters. The number of thiophene rings is 1. The molecule has 1 saturated heterocycles. The van der Waals surface area contributed by atoms with E-state index in [1.165, 1.54) is 9.75 Å². The van der Waals surface area contributed by atoms with E-state index in [-0.39, 0.29) is 0 Å². The van der Waals surface area contributed by atoms with Crippen LogP contribution in [-0.2, 0) is 6.42 Å². The second-order valence-electron chi connectivity index (χ2n) is 4.38. The molecule has 0 saturated carbocycles. The number of nitrogens with zero attached hydrogens (tertiary/aromatic N) is 1. The molecule has 84 valence electrons. The van der Waals surface area contributed by atoms with Crippen LogP contribution < -0.4 is 5.73 Å². The van der Waals surface area contributed by atoms with Crippen molar-refractivity contribution in [1.82, 2.24) is 4.90 Å². The van der Waals surface area contributed by atoms with Crippen molar-refractivity contribution in [2.75, 3.05) is 13.1 Å². The summed E-state index contributed by atoms with van der Waals surface area (Å²) < 4.78 is 0. The van der Waals surface area contributed by atoms with Crippen LogP contribution in [0.4, 0.5) is 0 Å². The van der Waals surface area contributed by atoms with Crippen molar-refractivity contribution in [3.05, 3.63) is 21.9 Å². The van der Waals surface area contributed by atoms with Crippen LogP contribution in [0.2, 0.25) is 0 Å². The van der Waals surface area contributed by atoms with Gasteiger partial charge < -0.3 is 5.73 Å². The fraction of sp³-hybridized carbons (Fsp3) is 0.667. The lowest BCUT2D eigenvalue weighted by Gasteiger charge is -2.22. The van der Waals surface area contributed by atoms with E-state index >= 15 is 0 Å². The number of aryl methyl sites for hydroxylation is 1. The van der Waals surface area contributed by atoms with Crippen molar-refractivity contribution in [2.24, 2.45) is 5.73 Å². The summed E-state index contributed by atoms with van der Waals surface area (Å²) in [6.07, 6.45) is 2.30. The highest BCUT2D eigenvalue weighted by Gasteiger charge is 2.24. The van der Waals surface area contributed by atoms with E-state index in [2.05, 4.69) is 30.9 Å². The number of hydrogen-bond donors (Lipinski definition) is 1. The second-order valence-corrected chi connectivity index (χ2v) is 5.58. The minimum atomic E-state index is 0.387. The molecule has 1 fully saturated rings. The summed E-state index contributed by atoms with van der Waals surface area (Å²) in [5.41, 5.74) is 5.93. The van der Waals surface area contributed by atoms with Gasteiger partial charge in [-0.2, -0.15) is 0 Å². The molecule has 0 spiro atoms. The average molecular weight is 224 g/mol. The molecule has 2 heterocycles. The molecule has 0 aromatic carbocycles. The molecule has 1 aliphatic heterocycles. The van der Waals surface area contributed by atoms with Gasteiger partial charge in [0, 0.05) is 34.9 Å². The van der Waals surface area contributed by atoms with Crippen molar-refractivity contribution in [3.8, 4) is 0 Å². The molecule has 2 nitrogen and oxygen atoms in total. The Labute approximate surface area is 96.1 Å². The van der Waals surface area contributed by atoms with Gasteiger partial charge in [0.15, 0.2) is 0 Å². The van der Waals surface area contributed by atoms with Gasteiger partial charge in [-0.05, 0) is 31.9 Å². The van der Waals surface area contributed by atoms with E-state index in [0.29, 0.717) is 12.1 Å². The number of hydrogen-bond acceptors (Lipinski definition) is 3. The second kappa shape index (κ2) is 4.64. The first-order valence-electron chi connectivity index (χ1n) is 5.79. The minimum Gasteiger partial charge on any atom is -0.326 e. The first-order chi connectivity index (χ1) is 7.20. The summed E-state index contributed by atoms with van der Waals surface area (Å²) in [7, 11) is 0. The van der Waals surface area contributed by atoms with E-state index < -0.39 is 0 Å². The standard InChI is InChI=1S/C12H20N2S/c1-3-11-4-5-12(15-11)9(2)14-7-6-10(13)8-14/h4-5,9-10H,3,6-8,13H2,1-2H3. The molecule has 3 heteroatoms. The SMILES string of the molecule is CCc1ccc(C(C)N2CCC(N)C2)s1. The number of rotatable bonds is 3. The Bertz CT molecular complexity index is 321. The zero-order valence-corrected chi connectivity index (χ0v) is 10.4. The van der Waals surface area contributed by atoms with Gasteiger partial charge in [0.05, 0.1) is 0 Å². The summed E-state index contributed by atoms with van der Waals surface area (Å²) >= 11 is 1.95. The van der Waals surface area contributed by atoms with Crippen molar-refractivity contribution < 1.29 is 0 Å². The molecule has 0 bridgehead atoms. The quantitative estimate of drug-likeness (QED) is 0.854. The predicted octanol–water partition coefficient (Wildman–Crippen LogP) is 2.40. The van der Waals surface area contributed by atoms with Crippen molar-refractivity contribution in [2.45, 2.75) is 38.8 Å². The molecular weight excluding hydrogens is 204 g/mol. The Balaban J connectivity index is 2.03. The highest BCUT2D eigenvalue weighted by Crippen LogP contribution is 2.29. The van der Waals surface area contributed by atoms with Crippen LogP contribution in [0.25, 0.3) is 0 Å². The third-order valence-corrected chi connectivity index (χ3v) is 4.65. The van der Waals surface area contributed by atoms with Crippen LogP contribution in [0.15, 0.2) is 12.1 Å². The number of nitrogens with two attached hydrogens (primary N) is 1. The fourth-order valence-corrected chi connectivity index (χ4v) is 3.20. The Hall–Kier alpha value is -0.380. The molecular formula is C12H20N2S. The lowest BCUT2D eigenvalue weighted by Crippen LogP contribution is -2.28. The zero-order chi connectivity index (χ0) is 10.8. The Morgan fingerprint density at radius 1 is 1.60 bits per heavy atom. The maximum absolute atomic E-state index is 5.93. The molecule has 1 aliphatic rings. The van der Waals surface area contributed by atoms with Crippen LogP contribution in [0.1, 0.15) is 36.1 Å². The van der Waals surface area contributed by atoms with Crippen molar-refractivity contribution in [3.63, 3.8) is 0 Å². The van der Waals surface area contributed by atoms with Gasteiger partial charge in [0.2, 0.25) is 0 Å². The van der Waals surface area contributed by atoms with Crippen LogP contribution in [0.5, 0.6) is 0 Å². The van der Waals surface area contributed by atoms with Gasteiger partial charge in [0.1, 0.15) is 0 Å². The maximum Gasteiger partial charge on any atom is 0.0414 e. The van der Waals surface area contributed by atoms with Crippen LogP contribution in [-0.4, -0.2) is 24.0 Å². The Morgan fingerprint density at radius 3 is 2.93 bits per heavy atom. The molecule has 1 aromatic rings. The van der Waals surface area contributed by atoms with Crippen molar-refractivity contribution >= 4 is 11.3 Å². The van der Waals surface area contributed by atoms with E-state index in [1.54, 1.807) is 0 Å². The van der Waals surface area contributed by atoms with Crippen LogP contribution in [0, 0.1) is 0 Å². The van der Waals surface area contributed by atoms with E-state index in [9.17, 15) is 0 Å². The molecule has 2 rings (SSSR count). The summed E-state index contributed by atoms with van der Waals surface area (Å²) in [5.74, 6) is 0. The van der Waals surface area contributed by atoms with Gasteiger partial charge in [-0.25, -0.2) is 0 Å².